The van der Waals surface area contributed by atoms with E-state index < -0.39 is 6.10 Å². The molecule has 1 aromatic rings. The van der Waals surface area contributed by atoms with E-state index in [1.165, 1.54) is 34.1 Å². The van der Waals surface area contributed by atoms with Crippen LogP contribution in [0.5, 0.6) is 5.75 Å². The van der Waals surface area contributed by atoms with Crippen molar-refractivity contribution in [2.45, 2.75) is 25.4 Å². The number of likely N-dealkylation sites (tertiary alicyclic amines) is 1. The molecule has 1 atom stereocenters. The van der Waals surface area contributed by atoms with Gasteiger partial charge in [0.2, 0.25) is 5.91 Å². The number of hydrogen-bond acceptors (Lipinski definition) is 4. The zero-order valence-corrected chi connectivity index (χ0v) is 13.8. The summed E-state index contributed by atoms with van der Waals surface area (Å²) in [5.74, 6) is -0.390. The molecule has 0 aliphatic carbocycles. The number of carbonyl (C=O) groups is 2. The summed E-state index contributed by atoms with van der Waals surface area (Å²) in [6, 6.07) is 5.66. The van der Waals surface area contributed by atoms with Crippen LogP contribution in [0.3, 0.4) is 0 Å². The van der Waals surface area contributed by atoms with Gasteiger partial charge < -0.3 is 19.6 Å². The summed E-state index contributed by atoms with van der Waals surface area (Å²) >= 11 is 0. The Bertz CT molecular complexity index is 564. The van der Waals surface area contributed by atoms with Gasteiger partial charge in [0, 0.05) is 13.6 Å². The molecular formula is C17H23FN2O4. The minimum absolute atomic E-state index is 0.0387. The van der Waals surface area contributed by atoms with E-state index in [4.69, 9.17) is 4.74 Å². The third kappa shape index (κ3) is 5.19. The van der Waals surface area contributed by atoms with Crippen LogP contribution >= 0.6 is 0 Å². The molecule has 0 radical (unpaired) electrons. The number of ether oxygens (including phenoxy) is 1. The van der Waals surface area contributed by atoms with Gasteiger partial charge in [0.15, 0.2) is 0 Å². The van der Waals surface area contributed by atoms with Gasteiger partial charge in [-0.05, 0) is 43.5 Å². The lowest BCUT2D eigenvalue weighted by Crippen LogP contribution is -2.45. The number of nitrogens with zero attached hydrogens (tertiary/aromatic N) is 2. The third-order valence-electron chi connectivity index (χ3n) is 4.01. The van der Waals surface area contributed by atoms with Gasteiger partial charge in [-0.15, -0.1) is 0 Å². The van der Waals surface area contributed by atoms with Crippen molar-refractivity contribution in [3.8, 4) is 5.75 Å². The van der Waals surface area contributed by atoms with Crippen LogP contribution in [-0.2, 0) is 9.59 Å². The Morgan fingerprint density at radius 3 is 2.79 bits per heavy atom. The lowest BCUT2D eigenvalue weighted by molar-refractivity contribution is -0.144. The highest BCUT2D eigenvalue weighted by atomic mass is 19.1. The summed E-state index contributed by atoms with van der Waals surface area (Å²) in [5, 5.41) is 9.70. The third-order valence-corrected chi connectivity index (χ3v) is 4.01. The van der Waals surface area contributed by atoms with Crippen LogP contribution in [0.4, 0.5) is 4.39 Å². The number of amides is 2. The summed E-state index contributed by atoms with van der Waals surface area (Å²) in [7, 11) is 1.63. The molecule has 1 heterocycles. The fourth-order valence-electron chi connectivity index (χ4n) is 2.48. The number of benzene rings is 1. The Labute approximate surface area is 140 Å². The molecule has 7 heteroatoms. The van der Waals surface area contributed by atoms with Crippen LogP contribution in [0.2, 0.25) is 0 Å². The lowest BCUT2D eigenvalue weighted by Gasteiger charge is -2.25. The topological polar surface area (TPSA) is 70.1 Å². The predicted molar refractivity (Wildman–Crippen MR) is 86.0 cm³/mol. The zero-order chi connectivity index (χ0) is 17.5. The summed E-state index contributed by atoms with van der Waals surface area (Å²) < 4.78 is 18.2. The number of halogens is 1. The summed E-state index contributed by atoms with van der Waals surface area (Å²) in [4.78, 5) is 27.1. The second kappa shape index (κ2) is 8.63. The van der Waals surface area contributed by atoms with Gasteiger partial charge in [-0.2, -0.15) is 0 Å². The molecule has 2 rings (SSSR count). The Morgan fingerprint density at radius 1 is 1.38 bits per heavy atom. The average Bonchev–Trinajstić information content (AvgIpc) is 2.72. The smallest absolute Gasteiger partial charge is 0.251 e. The monoisotopic (exact) mass is 338 g/mol. The van der Waals surface area contributed by atoms with E-state index in [1.807, 2.05) is 0 Å². The quantitative estimate of drug-likeness (QED) is 0.841. The number of rotatable bonds is 6. The molecule has 1 aliphatic heterocycles. The van der Waals surface area contributed by atoms with Crippen molar-refractivity contribution in [3.05, 3.63) is 30.1 Å². The van der Waals surface area contributed by atoms with Gasteiger partial charge in [0.05, 0.1) is 13.1 Å². The van der Waals surface area contributed by atoms with Crippen LogP contribution in [0.15, 0.2) is 24.3 Å². The standard InChI is InChI=1S/C17H23FN2O4/c1-19(10-11-24-14-7-5-13(18)6-8-14)16(22)12-20-9-3-2-4-15(21)17(20)23/h5-8,15,21H,2-4,9-12H2,1H3. The summed E-state index contributed by atoms with van der Waals surface area (Å²) in [5.41, 5.74) is 0. The van der Waals surface area contributed by atoms with Crippen LogP contribution in [-0.4, -0.2) is 66.1 Å². The van der Waals surface area contributed by atoms with Crippen molar-refractivity contribution in [1.29, 1.82) is 0 Å². The summed E-state index contributed by atoms with van der Waals surface area (Å²) in [6.45, 7) is 1.07. The van der Waals surface area contributed by atoms with Crippen LogP contribution in [0, 0.1) is 5.82 Å². The van der Waals surface area contributed by atoms with Crippen LogP contribution in [0.1, 0.15) is 19.3 Å². The van der Waals surface area contributed by atoms with E-state index in [9.17, 15) is 19.1 Å². The molecule has 0 saturated carbocycles. The molecule has 1 saturated heterocycles. The van der Waals surface area contributed by atoms with Crippen molar-refractivity contribution < 1.29 is 23.8 Å². The minimum atomic E-state index is -1.01. The van der Waals surface area contributed by atoms with Crippen molar-refractivity contribution in [2.75, 3.05) is 33.3 Å². The molecule has 1 N–H and O–H groups in total. The first-order valence-corrected chi connectivity index (χ1v) is 8.06. The Balaban J connectivity index is 1.77. The second-order valence-electron chi connectivity index (χ2n) is 5.89. The highest BCUT2D eigenvalue weighted by molar-refractivity contribution is 5.87. The first-order chi connectivity index (χ1) is 11.5. The molecule has 1 fully saturated rings. The fraction of sp³-hybridized carbons (Fsp3) is 0.529. The molecule has 1 aliphatic rings. The normalized spacial score (nSPS) is 18.2. The minimum Gasteiger partial charge on any atom is -0.492 e. The van der Waals surface area contributed by atoms with Gasteiger partial charge in [-0.25, -0.2) is 4.39 Å². The van der Waals surface area contributed by atoms with Gasteiger partial charge in [-0.3, -0.25) is 9.59 Å². The van der Waals surface area contributed by atoms with Crippen LogP contribution < -0.4 is 4.74 Å². The van der Waals surface area contributed by atoms with Crippen molar-refractivity contribution in [1.82, 2.24) is 9.80 Å². The highest BCUT2D eigenvalue weighted by Crippen LogP contribution is 2.13. The Kier molecular flexibility index (Phi) is 6.54. The lowest BCUT2D eigenvalue weighted by atomic mass is 10.2. The maximum absolute atomic E-state index is 12.8. The molecule has 2 amide bonds. The molecule has 1 unspecified atom stereocenters. The maximum atomic E-state index is 12.8. The SMILES string of the molecule is CN(CCOc1ccc(F)cc1)C(=O)CN1CCCCC(O)C1=O. The van der Waals surface area contributed by atoms with Gasteiger partial charge in [0.25, 0.3) is 5.91 Å². The van der Waals surface area contributed by atoms with E-state index in [2.05, 4.69) is 0 Å². The van der Waals surface area contributed by atoms with E-state index in [0.717, 1.165) is 12.8 Å². The average molecular weight is 338 g/mol. The largest absolute Gasteiger partial charge is 0.492 e. The molecule has 24 heavy (non-hydrogen) atoms. The van der Waals surface area contributed by atoms with E-state index >= 15 is 0 Å². The van der Waals surface area contributed by atoms with Gasteiger partial charge >= 0.3 is 0 Å². The van der Waals surface area contributed by atoms with E-state index in [-0.39, 0.29) is 30.8 Å². The van der Waals surface area contributed by atoms with Crippen molar-refractivity contribution >= 4 is 11.8 Å². The Morgan fingerprint density at radius 2 is 2.08 bits per heavy atom. The van der Waals surface area contributed by atoms with Crippen LogP contribution in [0.25, 0.3) is 0 Å². The van der Waals surface area contributed by atoms with E-state index in [0.29, 0.717) is 25.3 Å². The Hall–Kier alpha value is -2.15. The molecule has 0 bridgehead atoms. The van der Waals surface area contributed by atoms with E-state index in [1.54, 1.807) is 7.05 Å². The molecule has 0 spiro atoms. The first kappa shape index (κ1) is 18.2. The maximum Gasteiger partial charge on any atom is 0.251 e. The molecular weight excluding hydrogens is 315 g/mol. The number of likely N-dealkylation sites (N-methyl/N-ethyl adjacent to an activating group) is 1. The highest BCUT2D eigenvalue weighted by Gasteiger charge is 2.27. The number of aliphatic hydroxyl groups is 1. The fourth-order valence-corrected chi connectivity index (χ4v) is 2.48. The van der Waals surface area contributed by atoms with Gasteiger partial charge in [0.1, 0.15) is 24.3 Å². The summed E-state index contributed by atoms with van der Waals surface area (Å²) in [6.07, 6.45) is 1.00. The number of hydrogen-bond donors (Lipinski definition) is 1. The van der Waals surface area contributed by atoms with Crippen molar-refractivity contribution in [2.24, 2.45) is 0 Å². The molecule has 6 nitrogen and oxygen atoms in total. The molecule has 0 aromatic heterocycles. The second-order valence-corrected chi connectivity index (χ2v) is 5.89. The number of aliphatic hydroxyl groups excluding tert-OH is 1. The zero-order valence-electron chi connectivity index (χ0n) is 13.8. The molecule has 132 valence electrons. The van der Waals surface area contributed by atoms with Gasteiger partial charge in [-0.1, -0.05) is 0 Å². The number of carbonyl (C=O) groups excluding carboxylic acids is 2. The molecule has 1 aromatic carbocycles. The first-order valence-electron chi connectivity index (χ1n) is 8.06. The van der Waals surface area contributed by atoms with Crippen molar-refractivity contribution in [3.63, 3.8) is 0 Å². The predicted octanol–water partition coefficient (Wildman–Crippen LogP) is 1.04.